The second-order valence-corrected chi connectivity index (χ2v) is 6.17. The average Bonchev–Trinajstić information content (AvgIpc) is 2.36. The van der Waals surface area contributed by atoms with E-state index in [1.54, 1.807) is 25.3 Å². The van der Waals surface area contributed by atoms with Crippen LogP contribution in [0.4, 0.5) is 0 Å². The Morgan fingerprint density at radius 3 is 2.74 bits per heavy atom. The minimum absolute atomic E-state index is 0.00914. The Kier molecular flexibility index (Phi) is 5.74. The van der Waals surface area contributed by atoms with Gasteiger partial charge >= 0.3 is 0 Å². The maximum Gasteiger partial charge on any atom is 0.279 e. The fourth-order valence-electron chi connectivity index (χ4n) is 1.45. The highest BCUT2D eigenvalue weighted by atomic mass is 32.2. The molecule has 0 saturated heterocycles. The van der Waals surface area contributed by atoms with Crippen molar-refractivity contribution in [1.82, 2.24) is 9.03 Å². The Bertz CT molecular complexity index is 502. The van der Waals surface area contributed by atoms with Gasteiger partial charge in [-0.25, -0.2) is 0 Å². The largest absolute Gasteiger partial charge is 0.497 e. The van der Waals surface area contributed by atoms with Gasteiger partial charge in [0.05, 0.1) is 13.2 Å². The number of methoxy groups -OCH3 is 1. The molecule has 0 bridgehead atoms. The quantitative estimate of drug-likeness (QED) is 0.758. The van der Waals surface area contributed by atoms with Crippen LogP contribution in [0.2, 0.25) is 0 Å². The summed E-state index contributed by atoms with van der Waals surface area (Å²) in [6.45, 7) is 1.74. The molecule has 0 fully saturated rings. The number of rotatable bonds is 7. The van der Waals surface area contributed by atoms with Crippen molar-refractivity contribution in [1.29, 1.82) is 0 Å². The Morgan fingerprint density at radius 2 is 2.16 bits per heavy atom. The van der Waals surface area contributed by atoms with Crippen LogP contribution in [0.3, 0.4) is 0 Å². The normalized spacial score (nSPS) is 13.5. The molecule has 0 heterocycles. The van der Waals surface area contributed by atoms with Crippen molar-refractivity contribution in [3.63, 3.8) is 0 Å². The fraction of sp³-hybridized carbons (Fsp3) is 0.500. The molecule has 0 aliphatic rings. The summed E-state index contributed by atoms with van der Waals surface area (Å²) in [6.07, 6.45) is -0.722. The highest BCUT2D eigenvalue weighted by Crippen LogP contribution is 2.14. The molecule has 108 valence electrons. The van der Waals surface area contributed by atoms with E-state index in [0.717, 1.165) is 5.56 Å². The van der Waals surface area contributed by atoms with Gasteiger partial charge in [-0.15, -0.1) is 0 Å². The molecule has 1 atom stereocenters. The SMILES string of the molecule is COc1cccc(CN(C)S(=O)(=O)NCC(C)O)c1. The van der Waals surface area contributed by atoms with Gasteiger partial charge in [0.15, 0.2) is 0 Å². The molecule has 0 aliphatic carbocycles. The zero-order chi connectivity index (χ0) is 14.5. The number of benzene rings is 1. The predicted molar refractivity (Wildman–Crippen MR) is 73.1 cm³/mol. The Hall–Kier alpha value is -1.15. The molecule has 1 aromatic carbocycles. The highest BCUT2D eigenvalue weighted by molar-refractivity contribution is 7.87. The van der Waals surface area contributed by atoms with Gasteiger partial charge in [-0.2, -0.15) is 17.4 Å². The topological polar surface area (TPSA) is 78.9 Å². The summed E-state index contributed by atoms with van der Waals surface area (Å²) in [5, 5.41) is 9.09. The van der Waals surface area contributed by atoms with Gasteiger partial charge in [0, 0.05) is 20.1 Å². The molecule has 7 heteroatoms. The monoisotopic (exact) mass is 288 g/mol. The van der Waals surface area contributed by atoms with Crippen LogP contribution in [-0.4, -0.2) is 44.6 Å². The van der Waals surface area contributed by atoms with Crippen molar-refractivity contribution >= 4 is 10.2 Å². The lowest BCUT2D eigenvalue weighted by Crippen LogP contribution is -2.40. The zero-order valence-corrected chi connectivity index (χ0v) is 12.1. The van der Waals surface area contributed by atoms with E-state index >= 15 is 0 Å². The van der Waals surface area contributed by atoms with Gasteiger partial charge in [-0.3, -0.25) is 0 Å². The number of aliphatic hydroxyl groups excluding tert-OH is 1. The summed E-state index contributed by atoms with van der Waals surface area (Å²) in [5.41, 5.74) is 0.823. The molecule has 1 unspecified atom stereocenters. The predicted octanol–water partition coefficient (Wildman–Crippen LogP) is 0.342. The molecule has 0 aromatic heterocycles. The first-order chi connectivity index (χ1) is 8.85. The van der Waals surface area contributed by atoms with Crippen molar-refractivity contribution in [2.75, 3.05) is 20.7 Å². The van der Waals surface area contributed by atoms with Crippen LogP contribution >= 0.6 is 0 Å². The van der Waals surface area contributed by atoms with E-state index in [4.69, 9.17) is 9.84 Å². The number of aliphatic hydroxyl groups is 1. The molecule has 0 saturated carbocycles. The molecule has 6 nitrogen and oxygen atoms in total. The van der Waals surface area contributed by atoms with Gasteiger partial charge < -0.3 is 9.84 Å². The second kappa shape index (κ2) is 6.85. The van der Waals surface area contributed by atoms with Crippen LogP contribution in [-0.2, 0) is 16.8 Å². The average molecular weight is 288 g/mol. The lowest BCUT2D eigenvalue weighted by molar-refractivity contribution is 0.198. The Balaban J connectivity index is 2.69. The maximum absolute atomic E-state index is 11.9. The molecular formula is C12H20N2O4S. The summed E-state index contributed by atoms with van der Waals surface area (Å²) in [5.74, 6) is 0.681. The van der Waals surface area contributed by atoms with Crippen LogP contribution in [0.15, 0.2) is 24.3 Å². The Morgan fingerprint density at radius 1 is 1.47 bits per heavy atom. The van der Waals surface area contributed by atoms with Crippen LogP contribution in [0.1, 0.15) is 12.5 Å². The van der Waals surface area contributed by atoms with Crippen molar-refractivity contribution in [3.8, 4) is 5.75 Å². The summed E-state index contributed by atoms with van der Waals surface area (Å²) in [4.78, 5) is 0. The Labute approximate surface area is 114 Å². The van der Waals surface area contributed by atoms with E-state index in [1.807, 2.05) is 6.07 Å². The van der Waals surface area contributed by atoms with E-state index in [9.17, 15) is 8.42 Å². The first kappa shape index (κ1) is 15.9. The number of hydrogen-bond donors (Lipinski definition) is 2. The van der Waals surface area contributed by atoms with Gasteiger partial charge in [-0.1, -0.05) is 12.1 Å². The summed E-state index contributed by atoms with van der Waals surface area (Å²) in [7, 11) is -0.555. The molecule has 1 rings (SSSR count). The maximum atomic E-state index is 11.9. The van der Waals surface area contributed by atoms with E-state index in [2.05, 4.69) is 4.72 Å². The van der Waals surface area contributed by atoms with E-state index in [-0.39, 0.29) is 13.1 Å². The molecular weight excluding hydrogens is 268 g/mol. The number of hydrogen-bond acceptors (Lipinski definition) is 4. The smallest absolute Gasteiger partial charge is 0.279 e. The van der Waals surface area contributed by atoms with Crippen LogP contribution < -0.4 is 9.46 Å². The van der Waals surface area contributed by atoms with Gasteiger partial charge in [0.2, 0.25) is 0 Å². The second-order valence-electron chi connectivity index (χ2n) is 4.31. The minimum Gasteiger partial charge on any atom is -0.497 e. The lowest BCUT2D eigenvalue weighted by Gasteiger charge is -2.18. The molecule has 19 heavy (non-hydrogen) atoms. The first-order valence-corrected chi connectivity index (χ1v) is 7.31. The first-order valence-electron chi connectivity index (χ1n) is 5.87. The summed E-state index contributed by atoms with van der Waals surface area (Å²) >= 11 is 0. The number of ether oxygens (including phenoxy) is 1. The standard InChI is InChI=1S/C12H20N2O4S/c1-10(15)8-13-19(16,17)14(2)9-11-5-4-6-12(7-11)18-3/h4-7,10,13,15H,8-9H2,1-3H3. The van der Waals surface area contributed by atoms with Crippen molar-refractivity contribution in [3.05, 3.63) is 29.8 Å². The molecule has 1 aromatic rings. The molecule has 2 N–H and O–H groups in total. The highest BCUT2D eigenvalue weighted by Gasteiger charge is 2.18. The van der Waals surface area contributed by atoms with Crippen LogP contribution in [0.5, 0.6) is 5.75 Å². The van der Waals surface area contributed by atoms with Crippen molar-refractivity contribution < 1.29 is 18.3 Å². The zero-order valence-electron chi connectivity index (χ0n) is 11.3. The molecule has 0 aliphatic heterocycles. The third-order valence-electron chi connectivity index (χ3n) is 2.51. The summed E-state index contributed by atoms with van der Waals surface area (Å²) < 4.78 is 32.3. The van der Waals surface area contributed by atoms with Crippen LogP contribution in [0.25, 0.3) is 0 Å². The van der Waals surface area contributed by atoms with Gasteiger partial charge in [0.1, 0.15) is 5.75 Å². The van der Waals surface area contributed by atoms with Gasteiger partial charge in [-0.05, 0) is 24.6 Å². The number of nitrogens with one attached hydrogen (secondary N) is 1. The minimum atomic E-state index is -3.59. The van der Waals surface area contributed by atoms with Crippen LogP contribution in [0, 0.1) is 0 Å². The van der Waals surface area contributed by atoms with Crippen molar-refractivity contribution in [2.24, 2.45) is 0 Å². The van der Waals surface area contributed by atoms with E-state index in [1.165, 1.54) is 18.3 Å². The lowest BCUT2D eigenvalue weighted by atomic mass is 10.2. The molecule has 0 amide bonds. The van der Waals surface area contributed by atoms with E-state index < -0.39 is 16.3 Å². The van der Waals surface area contributed by atoms with Crippen molar-refractivity contribution in [2.45, 2.75) is 19.6 Å². The van der Waals surface area contributed by atoms with Gasteiger partial charge in [0.25, 0.3) is 10.2 Å². The third-order valence-corrected chi connectivity index (χ3v) is 3.99. The summed E-state index contributed by atoms with van der Waals surface area (Å²) in [6, 6.07) is 7.20. The fourth-order valence-corrected chi connectivity index (χ4v) is 2.44. The third kappa shape index (κ3) is 5.15. The number of nitrogens with zero attached hydrogens (tertiary/aromatic N) is 1. The molecule has 0 spiro atoms. The van der Waals surface area contributed by atoms with E-state index in [0.29, 0.717) is 5.75 Å². The molecule has 0 radical (unpaired) electrons.